The van der Waals surface area contributed by atoms with Gasteiger partial charge in [0.1, 0.15) is 5.82 Å². The molecule has 3 aromatic rings. The van der Waals surface area contributed by atoms with Gasteiger partial charge in [0.25, 0.3) is 5.09 Å². The predicted molar refractivity (Wildman–Crippen MR) is 195 cm³/mol. The number of hydrogen-bond donors (Lipinski definition) is 2. The van der Waals surface area contributed by atoms with Crippen molar-refractivity contribution in [2.45, 2.75) is 85.3 Å². The maximum atomic E-state index is 13.2. The molecule has 2 atom stereocenters. The van der Waals surface area contributed by atoms with Gasteiger partial charge >= 0.3 is 18.3 Å². The molecular formula is C35H46ClN7O11. The number of rotatable bonds is 21. The van der Waals surface area contributed by atoms with Crippen LogP contribution in [-0.2, 0) is 41.5 Å². The van der Waals surface area contributed by atoms with Gasteiger partial charge in [-0.1, -0.05) is 73.5 Å². The van der Waals surface area contributed by atoms with E-state index in [4.69, 9.17) is 46.9 Å². The third-order valence-corrected chi connectivity index (χ3v) is 7.89. The fraction of sp³-hybridized carbons (Fsp3) is 0.457. The number of esters is 1. The van der Waals surface area contributed by atoms with E-state index in [0.717, 1.165) is 34.6 Å². The average molecular weight is 776 g/mol. The lowest BCUT2D eigenvalue weighted by atomic mass is 9.98. The summed E-state index contributed by atoms with van der Waals surface area (Å²) in [5, 5.41) is 14.4. The quantitative estimate of drug-likeness (QED) is 0.0146. The molecule has 294 valence electrons. The second kappa shape index (κ2) is 21.8. The Hall–Kier alpha value is -5.62. The highest BCUT2D eigenvalue weighted by molar-refractivity contribution is 6.32. The molecule has 0 amide bonds. The third kappa shape index (κ3) is 13.4. The van der Waals surface area contributed by atoms with E-state index in [1.54, 1.807) is 23.6 Å². The molecule has 1 heterocycles. The molecule has 0 saturated heterocycles. The molecule has 19 heteroatoms. The van der Waals surface area contributed by atoms with Crippen LogP contribution in [0.1, 0.15) is 87.2 Å². The number of imidazole rings is 1. The molecule has 54 heavy (non-hydrogen) atoms. The van der Waals surface area contributed by atoms with Gasteiger partial charge in [-0.05, 0) is 56.2 Å². The van der Waals surface area contributed by atoms with Crippen LogP contribution < -0.4 is 11.6 Å². The van der Waals surface area contributed by atoms with Crippen molar-refractivity contribution >= 4 is 35.7 Å². The van der Waals surface area contributed by atoms with Crippen molar-refractivity contribution in [1.29, 1.82) is 0 Å². The topological polar surface area (TPSA) is 235 Å². The van der Waals surface area contributed by atoms with Crippen molar-refractivity contribution in [2.75, 3.05) is 19.8 Å². The number of carbonyl (C=O) groups excluding carboxylic acids is 3. The standard InChI is InChI=1S/C35H46ClN7O11/c1-5-7-15-29-39-31(36)30(33(44)53-24(4)54-34(45)49-6-2)41(29)22-25-16-18-26(19-17-25)27-13-9-10-14-28(27)32(37)40-42(38)23(3)52-35(46)50-20-11-8-12-21-51-43(47)48/h9-10,13-14,16-19,23-24H,5-8,11-12,15,20-22,38H2,1-4H3,(H2,37,40). The van der Waals surface area contributed by atoms with Gasteiger partial charge in [-0.2, -0.15) is 5.12 Å². The molecule has 4 N–H and O–H groups in total. The lowest BCUT2D eigenvalue weighted by molar-refractivity contribution is -0.757. The summed E-state index contributed by atoms with van der Waals surface area (Å²) >= 11 is 6.46. The van der Waals surface area contributed by atoms with Gasteiger partial charge in [-0.3, -0.25) is 0 Å². The molecule has 3 rings (SSSR count). The molecule has 0 bridgehead atoms. The molecule has 0 aliphatic heterocycles. The molecule has 1 aromatic heterocycles. The SMILES string of the molecule is CCCCc1nc(Cl)c(C(=O)OC(C)OC(=O)OCC)n1Cc1ccc(-c2ccccc2/C(N)=N/N(N)C(C)OC(=O)OCCCCCO[N+](=O)[O-])cc1. The van der Waals surface area contributed by atoms with E-state index in [-0.39, 0.29) is 43.0 Å². The highest BCUT2D eigenvalue weighted by Crippen LogP contribution is 2.26. The highest BCUT2D eigenvalue weighted by Gasteiger charge is 2.26. The number of hydrogen-bond acceptors (Lipinski definition) is 15. The molecule has 0 saturated carbocycles. The van der Waals surface area contributed by atoms with Crippen LogP contribution in [0.4, 0.5) is 9.59 Å². The van der Waals surface area contributed by atoms with Gasteiger partial charge in [-0.25, -0.2) is 25.2 Å². The number of nitrogens with zero attached hydrogens (tertiary/aromatic N) is 5. The molecule has 0 aliphatic carbocycles. The number of hydrazone groups is 1. The highest BCUT2D eigenvalue weighted by atomic mass is 35.5. The van der Waals surface area contributed by atoms with E-state index in [2.05, 4.69) is 14.9 Å². The summed E-state index contributed by atoms with van der Waals surface area (Å²) in [4.78, 5) is 55.9. The Morgan fingerprint density at radius 1 is 0.963 bits per heavy atom. The first-order valence-electron chi connectivity index (χ1n) is 17.3. The van der Waals surface area contributed by atoms with E-state index < -0.39 is 35.9 Å². The molecule has 0 spiro atoms. The maximum Gasteiger partial charge on any atom is 0.511 e. The molecule has 0 aliphatic rings. The lowest BCUT2D eigenvalue weighted by Crippen LogP contribution is -2.40. The zero-order valence-electron chi connectivity index (χ0n) is 30.6. The van der Waals surface area contributed by atoms with Gasteiger partial charge in [0.15, 0.2) is 16.7 Å². The van der Waals surface area contributed by atoms with Gasteiger partial charge in [0, 0.05) is 25.5 Å². The molecule has 2 aromatic carbocycles. The molecular weight excluding hydrogens is 730 g/mol. The predicted octanol–water partition coefficient (Wildman–Crippen LogP) is 5.94. The Morgan fingerprint density at radius 3 is 2.33 bits per heavy atom. The number of aromatic nitrogens is 2. The van der Waals surface area contributed by atoms with Crippen LogP contribution in [0, 0.1) is 10.1 Å². The monoisotopic (exact) mass is 775 g/mol. The Kier molecular flexibility index (Phi) is 17.3. The average Bonchev–Trinajstić information content (AvgIpc) is 3.44. The number of nitrogens with two attached hydrogens (primary N) is 2. The minimum absolute atomic E-state index is 0.0243. The molecule has 18 nitrogen and oxygen atoms in total. The number of benzene rings is 2. The maximum absolute atomic E-state index is 13.2. The zero-order valence-corrected chi connectivity index (χ0v) is 31.4. The van der Waals surface area contributed by atoms with Crippen LogP contribution in [0.15, 0.2) is 53.6 Å². The van der Waals surface area contributed by atoms with Gasteiger partial charge in [-0.15, -0.1) is 15.2 Å². The second-order valence-electron chi connectivity index (χ2n) is 11.7. The van der Waals surface area contributed by atoms with E-state index in [0.29, 0.717) is 37.1 Å². The second-order valence-corrected chi connectivity index (χ2v) is 12.0. The Morgan fingerprint density at radius 2 is 1.65 bits per heavy atom. The van der Waals surface area contributed by atoms with Gasteiger partial charge in [0.2, 0.25) is 12.5 Å². The summed E-state index contributed by atoms with van der Waals surface area (Å²) in [7, 11) is 0. The molecule has 0 fully saturated rings. The van der Waals surface area contributed by atoms with Gasteiger partial charge < -0.3 is 38.8 Å². The third-order valence-electron chi connectivity index (χ3n) is 7.63. The lowest BCUT2D eigenvalue weighted by Gasteiger charge is -2.21. The summed E-state index contributed by atoms with van der Waals surface area (Å²) in [6, 6.07) is 14.8. The fourth-order valence-electron chi connectivity index (χ4n) is 4.97. The number of halogens is 1. The normalized spacial score (nSPS) is 12.3. The van der Waals surface area contributed by atoms with Crippen molar-refractivity contribution in [1.82, 2.24) is 14.7 Å². The summed E-state index contributed by atoms with van der Waals surface area (Å²) in [5.74, 6) is 5.88. The zero-order chi connectivity index (χ0) is 39.6. The Balaban J connectivity index is 1.71. The van der Waals surface area contributed by atoms with Crippen LogP contribution in [0.5, 0.6) is 0 Å². The number of carbonyl (C=O) groups is 3. The molecule has 2 unspecified atom stereocenters. The Labute approximate surface area is 317 Å². The van der Waals surface area contributed by atoms with Crippen LogP contribution in [0.2, 0.25) is 5.15 Å². The van der Waals surface area contributed by atoms with Crippen molar-refractivity contribution in [2.24, 2.45) is 16.7 Å². The van der Waals surface area contributed by atoms with Crippen LogP contribution in [0.25, 0.3) is 11.1 Å². The number of unbranched alkanes of at least 4 members (excludes halogenated alkanes) is 3. The van der Waals surface area contributed by atoms with E-state index >= 15 is 0 Å². The summed E-state index contributed by atoms with van der Waals surface area (Å²) in [6.07, 6.45) is -0.488. The summed E-state index contributed by atoms with van der Waals surface area (Å²) in [6.45, 7) is 6.89. The van der Waals surface area contributed by atoms with E-state index in [1.807, 2.05) is 43.3 Å². The first-order chi connectivity index (χ1) is 25.8. The minimum Gasteiger partial charge on any atom is -0.435 e. The van der Waals surface area contributed by atoms with Crippen molar-refractivity contribution in [3.8, 4) is 11.1 Å². The van der Waals surface area contributed by atoms with Crippen molar-refractivity contribution < 1.29 is 48.0 Å². The van der Waals surface area contributed by atoms with Crippen molar-refractivity contribution in [3.05, 3.63) is 86.4 Å². The molecule has 0 radical (unpaired) electrons. The van der Waals surface area contributed by atoms with Gasteiger partial charge in [0.05, 0.1) is 19.8 Å². The van der Waals surface area contributed by atoms with Crippen molar-refractivity contribution in [3.63, 3.8) is 0 Å². The first-order valence-corrected chi connectivity index (χ1v) is 17.7. The minimum atomic E-state index is -1.23. The van der Waals surface area contributed by atoms with Crippen LogP contribution >= 0.6 is 11.6 Å². The number of aryl methyl sites for hydroxylation is 1. The Bertz CT molecular complexity index is 1740. The summed E-state index contributed by atoms with van der Waals surface area (Å²) < 4.78 is 27.0. The fourth-order valence-corrected chi connectivity index (χ4v) is 5.25. The van der Waals surface area contributed by atoms with Crippen LogP contribution in [-0.4, -0.2) is 76.2 Å². The smallest absolute Gasteiger partial charge is 0.435 e. The van der Waals surface area contributed by atoms with E-state index in [1.165, 1.54) is 13.8 Å². The first kappa shape index (κ1) is 42.8. The number of ether oxygens (including phenoxy) is 5. The largest absolute Gasteiger partial charge is 0.511 e. The number of hydrazine groups is 1. The number of amidine groups is 1. The van der Waals surface area contributed by atoms with Crippen LogP contribution in [0.3, 0.4) is 0 Å². The van der Waals surface area contributed by atoms with E-state index in [9.17, 15) is 24.5 Å². The summed E-state index contributed by atoms with van der Waals surface area (Å²) in [5.41, 5.74) is 9.32.